The van der Waals surface area contributed by atoms with Crippen molar-refractivity contribution in [1.82, 2.24) is 35.4 Å². The van der Waals surface area contributed by atoms with Gasteiger partial charge in [-0.2, -0.15) is 10.2 Å². The Bertz CT molecular complexity index is 1170. The molecule has 8 heteroatoms. The molecule has 0 spiro atoms. The number of aromatic amines is 1. The zero-order valence-electron chi connectivity index (χ0n) is 16.8. The predicted octanol–water partition coefficient (Wildman–Crippen LogP) is 3.14. The Morgan fingerprint density at radius 2 is 1.87 bits per heavy atom. The van der Waals surface area contributed by atoms with Crippen LogP contribution in [0.4, 0.5) is 0 Å². The first-order chi connectivity index (χ1) is 14.8. The van der Waals surface area contributed by atoms with Gasteiger partial charge in [0, 0.05) is 12.0 Å². The first-order valence-corrected chi connectivity index (χ1v) is 9.66. The summed E-state index contributed by atoms with van der Waals surface area (Å²) in [5.74, 6) is 7.32. The molecule has 0 atom stereocenters. The van der Waals surface area contributed by atoms with Crippen LogP contribution in [0.25, 0.3) is 22.5 Å². The summed E-state index contributed by atoms with van der Waals surface area (Å²) in [6, 6.07) is 16.7. The van der Waals surface area contributed by atoms with E-state index < -0.39 is 0 Å². The lowest BCUT2D eigenvalue weighted by molar-refractivity contribution is 0.311. The number of ether oxygens (including phenoxy) is 1. The van der Waals surface area contributed by atoms with Gasteiger partial charge in [-0.1, -0.05) is 54.5 Å². The maximum Gasteiger partial charge on any atom is 0.335 e. The molecule has 1 N–H and O–H groups in total. The summed E-state index contributed by atoms with van der Waals surface area (Å²) in [4.78, 5) is 4.51. The van der Waals surface area contributed by atoms with E-state index in [2.05, 4.69) is 72.9 Å². The zero-order valence-corrected chi connectivity index (χ0v) is 16.8. The van der Waals surface area contributed by atoms with Crippen LogP contribution >= 0.6 is 0 Å². The van der Waals surface area contributed by atoms with Crippen molar-refractivity contribution in [1.29, 1.82) is 0 Å². The highest BCUT2D eigenvalue weighted by atomic mass is 16.5. The number of hydrogen-bond acceptors (Lipinski definition) is 6. The number of H-pyrrole nitrogens is 1. The summed E-state index contributed by atoms with van der Waals surface area (Å²) in [6.45, 7) is 4.74. The summed E-state index contributed by atoms with van der Waals surface area (Å²) >= 11 is 0. The molecule has 0 saturated carbocycles. The molecule has 150 valence electrons. The summed E-state index contributed by atoms with van der Waals surface area (Å²) < 4.78 is 7.25. The molecule has 2 aromatic carbocycles. The first-order valence-electron chi connectivity index (χ1n) is 9.66. The minimum Gasteiger partial charge on any atom is -0.463 e. The van der Waals surface area contributed by atoms with Crippen molar-refractivity contribution in [2.45, 2.75) is 26.8 Å². The molecule has 0 aliphatic rings. The van der Waals surface area contributed by atoms with Crippen LogP contribution in [-0.2, 0) is 13.0 Å². The Hall–Kier alpha value is -3.99. The highest BCUT2D eigenvalue weighted by Crippen LogP contribution is 2.30. The number of rotatable bonds is 7. The van der Waals surface area contributed by atoms with Crippen molar-refractivity contribution in [3.63, 3.8) is 0 Å². The van der Waals surface area contributed by atoms with Crippen LogP contribution in [0, 0.1) is 11.8 Å². The van der Waals surface area contributed by atoms with E-state index in [0.29, 0.717) is 31.4 Å². The number of nitrogens with zero attached hydrogens (tertiary/aromatic N) is 6. The Labute approximate surface area is 174 Å². The van der Waals surface area contributed by atoms with Crippen LogP contribution < -0.4 is 4.74 Å². The van der Waals surface area contributed by atoms with Gasteiger partial charge in [-0.3, -0.25) is 0 Å². The van der Waals surface area contributed by atoms with Crippen LogP contribution in [0.5, 0.6) is 6.01 Å². The SMILES string of the molecule is CC#CCn1nc(OCC)nc1Cc1ccc(-c2ccccc2-c2nn[nH]n2)cc1. The van der Waals surface area contributed by atoms with Gasteiger partial charge in [0.05, 0.1) is 6.61 Å². The molecule has 0 fully saturated rings. The maximum absolute atomic E-state index is 5.46. The minimum absolute atomic E-state index is 0.385. The Kier molecular flexibility index (Phi) is 5.80. The van der Waals surface area contributed by atoms with E-state index in [-0.39, 0.29) is 0 Å². The largest absolute Gasteiger partial charge is 0.463 e. The van der Waals surface area contributed by atoms with Crippen LogP contribution in [0.1, 0.15) is 25.2 Å². The molecule has 4 aromatic rings. The van der Waals surface area contributed by atoms with Gasteiger partial charge >= 0.3 is 6.01 Å². The summed E-state index contributed by atoms with van der Waals surface area (Å²) in [5.41, 5.74) is 4.17. The second-order valence-electron chi connectivity index (χ2n) is 6.48. The van der Waals surface area contributed by atoms with Gasteiger partial charge in [0.25, 0.3) is 0 Å². The minimum atomic E-state index is 0.385. The van der Waals surface area contributed by atoms with Crippen molar-refractivity contribution < 1.29 is 4.74 Å². The van der Waals surface area contributed by atoms with Crippen molar-refractivity contribution in [3.05, 3.63) is 59.9 Å². The van der Waals surface area contributed by atoms with Gasteiger partial charge < -0.3 is 4.74 Å². The fourth-order valence-corrected chi connectivity index (χ4v) is 3.14. The molecule has 2 aromatic heterocycles. The topological polar surface area (TPSA) is 94.4 Å². The molecule has 30 heavy (non-hydrogen) atoms. The fraction of sp³-hybridized carbons (Fsp3) is 0.227. The monoisotopic (exact) mass is 399 g/mol. The molecule has 2 heterocycles. The van der Waals surface area contributed by atoms with Crippen LogP contribution in [0.3, 0.4) is 0 Å². The van der Waals surface area contributed by atoms with Gasteiger partial charge in [-0.05, 0) is 35.8 Å². The van der Waals surface area contributed by atoms with E-state index in [1.165, 1.54) is 0 Å². The van der Waals surface area contributed by atoms with Crippen molar-refractivity contribution >= 4 is 0 Å². The zero-order chi connectivity index (χ0) is 20.8. The highest BCUT2D eigenvalue weighted by molar-refractivity contribution is 5.80. The van der Waals surface area contributed by atoms with E-state index in [9.17, 15) is 0 Å². The lowest BCUT2D eigenvalue weighted by atomic mass is 9.98. The van der Waals surface area contributed by atoms with Crippen molar-refractivity contribution in [2.75, 3.05) is 6.61 Å². The van der Waals surface area contributed by atoms with Gasteiger partial charge in [-0.15, -0.1) is 21.2 Å². The van der Waals surface area contributed by atoms with Crippen LogP contribution in [0.2, 0.25) is 0 Å². The average Bonchev–Trinajstić information content (AvgIpc) is 3.44. The van der Waals surface area contributed by atoms with Crippen LogP contribution in [-0.4, -0.2) is 42.0 Å². The second kappa shape index (κ2) is 9.01. The highest BCUT2D eigenvalue weighted by Gasteiger charge is 2.13. The quantitative estimate of drug-likeness (QED) is 0.480. The maximum atomic E-state index is 5.46. The molecule has 0 aliphatic carbocycles. The molecule has 0 radical (unpaired) electrons. The molecular formula is C22H21N7O. The summed E-state index contributed by atoms with van der Waals surface area (Å²) in [6.07, 6.45) is 0.637. The predicted molar refractivity (Wildman–Crippen MR) is 112 cm³/mol. The number of hydrogen-bond donors (Lipinski definition) is 1. The third kappa shape index (κ3) is 4.20. The Morgan fingerprint density at radius 1 is 1.07 bits per heavy atom. The van der Waals surface area contributed by atoms with Crippen molar-refractivity contribution in [3.8, 4) is 40.4 Å². The molecule has 8 nitrogen and oxygen atoms in total. The van der Waals surface area contributed by atoms with E-state index in [1.54, 1.807) is 4.68 Å². The van der Waals surface area contributed by atoms with Gasteiger partial charge in [0.15, 0.2) is 0 Å². The smallest absolute Gasteiger partial charge is 0.335 e. The van der Waals surface area contributed by atoms with Crippen LogP contribution in [0.15, 0.2) is 48.5 Å². The molecule has 0 unspecified atom stereocenters. The Morgan fingerprint density at radius 3 is 2.57 bits per heavy atom. The third-order valence-electron chi connectivity index (χ3n) is 4.55. The molecule has 0 saturated heterocycles. The number of tetrazole rings is 1. The standard InChI is InChI=1S/C22H21N7O/c1-3-5-14-29-20(23-22(26-29)30-4-2)15-16-10-12-17(13-11-16)18-8-6-7-9-19(18)21-24-27-28-25-21/h6-13H,4,14-15H2,1-2H3,(H,24,25,27,28). The van der Waals surface area contributed by atoms with E-state index >= 15 is 0 Å². The lowest BCUT2D eigenvalue weighted by Gasteiger charge is -2.08. The molecule has 4 rings (SSSR count). The first kappa shape index (κ1) is 19.3. The molecule has 0 amide bonds. The van der Waals surface area contributed by atoms with Gasteiger partial charge in [0.1, 0.15) is 12.4 Å². The number of aromatic nitrogens is 7. The molecule has 0 aliphatic heterocycles. The fourth-order valence-electron chi connectivity index (χ4n) is 3.14. The van der Waals surface area contributed by atoms with E-state index in [4.69, 9.17) is 4.74 Å². The summed E-state index contributed by atoms with van der Waals surface area (Å²) in [7, 11) is 0. The molecule has 0 bridgehead atoms. The third-order valence-corrected chi connectivity index (χ3v) is 4.55. The Balaban J connectivity index is 1.59. The average molecular weight is 399 g/mol. The normalized spacial score (nSPS) is 10.5. The number of benzene rings is 2. The summed E-state index contributed by atoms with van der Waals surface area (Å²) in [5, 5.41) is 18.8. The molecular weight excluding hydrogens is 378 g/mol. The number of nitrogens with one attached hydrogen (secondary N) is 1. The van der Waals surface area contributed by atoms with E-state index in [0.717, 1.165) is 28.1 Å². The van der Waals surface area contributed by atoms with Gasteiger partial charge in [0.2, 0.25) is 5.82 Å². The van der Waals surface area contributed by atoms with Gasteiger partial charge in [-0.25, -0.2) is 4.68 Å². The van der Waals surface area contributed by atoms with E-state index in [1.807, 2.05) is 32.0 Å². The van der Waals surface area contributed by atoms with Crippen molar-refractivity contribution in [2.24, 2.45) is 0 Å². The lowest BCUT2D eigenvalue weighted by Crippen LogP contribution is -2.05. The second-order valence-corrected chi connectivity index (χ2v) is 6.48.